The summed E-state index contributed by atoms with van der Waals surface area (Å²) in [6, 6.07) is 0. The van der Waals surface area contributed by atoms with E-state index >= 15 is 0 Å². The monoisotopic (exact) mass is 150 g/mol. The van der Waals surface area contributed by atoms with Crippen LogP contribution in [0.2, 0.25) is 0 Å². The molecule has 0 fully saturated rings. The molecule has 0 atom stereocenters. The predicted molar refractivity (Wildman–Crippen MR) is 29.7 cm³/mol. The standard InChI is InChI=1S/C6H14.Zn/c1-4-6(3)5-2;/h6H,4-5H2,1-3H3;. The van der Waals surface area contributed by atoms with Gasteiger partial charge in [0.15, 0.2) is 0 Å². The summed E-state index contributed by atoms with van der Waals surface area (Å²) in [5.41, 5.74) is 0. The topological polar surface area (TPSA) is 0 Å². The average molecular weight is 152 g/mol. The fourth-order valence-corrected chi connectivity index (χ4v) is 0.289. The number of hydrogen-bond donors (Lipinski definition) is 0. The first kappa shape index (κ1) is 10.6. The smallest absolute Gasteiger partial charge is 0 e. The van der Waals surface area contributed by atoms with Gasteiger partial charge in [0.05, 0.1) is 0 Å². The first-order valence-corrected chi connectivity index (χ1v) is 2.81. The Morgan fingerprint density at radius 2 is 1.43 bits per heavy atom. The van der Waals surface area contributed by atoms with Gasteiger partial charge in [0.1, 0.15) is 0 Å². The number of hydrogen-bond acceptors (Lipinski definition) is 0. The molecule has 0 bridgehead atoms. The molecule has 0 unspecified atom stereocenters. The summed E-state index contributed by atoms with van der Waals surface area (Å²) in [6.45, 7) is 6.74. The summed E-state index contributed by atoms with van der Waals surface area (Å²) in [5.74, 6) is 0.935. The van der Waals surface area contributed by atoms with Crippen LogP contribution in [0, 0.1) is 5.92 Å². The Hall–Kier alpha value is 0.623. The van der Waals surface area contributed by atoms with Crippen molar-refractivity contribution in [3.8, 4) is 0 Å². The SMILES string of the molecule is CCC(C)CC.[Zn]. The predicted octanol–water partition coefficient (Wildman–Crippen LogP) is 2.44. The van der Waals surface area contributed by atoms with E-state index in [2.05, 4.69) is 20.8 Å². The zero-order chi connectivity index (χ0) is 4.99. The Balaban J connectivity index is 0. The van der Waals surface area contributed by atoms with E-state index in [-0.39, 0.29) is 19.5 Å². The minimum Gasteiger partial charge on any atom is -0.0651 e. The van der Waals surface area contributed by atoms with E-state index in [9.17, 15) is 0 Å². The second-order valence-electron chi connectivity index (χ2n) is 1.92. The molecule has 40 valence electrons. The quantitative estimate of drug-likeness (QED) is 0.532. The van der Waals surface area contributed by atoms with E-state index in [1.165, 1.54) is 12.8 Å². The van der Waals surface area contributed by atoms with Crippen molar-refractivity contribution in [2.45, 2.75) is 33.6 Å². The molecule has 0 spiro atoms. The van der Waals surface area contributed by atoms with Crippen LogP contribution >= 0.6 is 0 Å². The van der Waals surface area contributed by atoms with Crippen LogP contribution in [0.4, 0.5) is 0 Å². The molecule has 0 saturated carbocycles. The van der Waals surface area contributed by atoms with Crippen molar-refractivity contribution in [3.63, 3.8) is 0 Å². The largest absolute Gasteiger partial charge is 0.0651 e. The molecular formula is C6H14Zn. The van der Waals surface area contributed by atoms with Crippen molar-refractivity contribution in [1.29, 1.82) is 0 Å². The molecule has 0 aliphatic heterocycles. The van der Waals surface area contributed by atoms with Crippen LogP contribution in [0.3, 0.4) is 0 Å². The van der Waals surface area contributed by atoms with Gasteiger partial charge in [-0.3, -0.25) is 0 Å². The maximum absolute atomic E-state index is 2.28. The minimum absolute atomic E-state index is 0. The molecule has 0 heterocycles. The van der Waals surface area contributed by atoms with E-state index in [1.54, 1.807) is 0 Å². The molecule has 7 heavy (non-hydrogen) atoms. The molecule has 0 aliphatic rings. The van der Waals surface area contributed by atoms with Crippen molar-refractivity contribution in [2.75, 3.05) is 0 Å². The molecule has 0 radical (unpaired) electrons. The molecule has 0 aromatic heterocycles. The van der Waals surface area contributed by atoms with E-state index in [4.69, 9.17) is 0 Å². The zero-order valence-corrected chi connectivity index (χ0v) is 8.67. The summed E-state index contributed by atoms with van der Waals surface area (Å²) in [7, 11) is 0. The van der Waals surface area contributed by atoms with Crippen LogP contribution in [-0.4, -0.2) is 0 Å². The Morgan fingerprint density at radius 3 is 1.43 bits per heavy atom. The summed E-state index contributed by atoms with van der Waals surface area (Å²) >= 11 is 0. The Kier molecular flexibility index (Phi) is 10.0. The van der Waals surface area contributed by atoms with Crippen LogP contribution < -0.4 is 0 Å². The van der Waals surface area contributed by atoms with Crippen LogP contribution in [0.15, 0.2) is 0 Å². The normalized spacial score (nSPS) is 8.57. The third-order valence-corrected chi connectivity index (χ3v) is 1.39. The van der Waals surface area contributed by atoms with Crippen LogP contribution in [0.5, 0.6) is 0 Å². The average Bonchev–Trinajstić information content (AvgIpc) is 1.65. The first-order valence-electron chi connectivity index (χ1n) is 2.81. The molecule has 0 N–H and O–H groups in total. The molecule has 0 amide bonds. The molecule has 0 nitrogen and oxygen atoms in total. The summed E-state index contributed by atoms with van der Waals surface area (Å²) in [6.07, 6.45) is 2.66. The molecular weight excluding hydrogens is 137 g/mol. The molecule has 0 rings (SSSR count). The van der Waals surface area contributed by atoms with Gasteiger partial charge < -0.3 is 0 Å². The minimum atomic E-state index is 0. The van der Waals surface area contributed by atoms with Crippen LogP contribution in [-0.2, 0) is 19.5 Å². The van der Waals surface area contributed by atoms with Gasteiger partial charge in [0, 0.05) is 19.5 Å². The van der Waals surface area contributed by atoms with Gasteiger partial charge in [-0.15, -0.1) is 0 Å². The third kappa shape index (κ3) is 6.62. The third-order valence-electron chi connectivity index (χ3n) is 1.39. The Labute approximate surface area is 59.4 Å². The summed E-state index contributed by atoms with van der Waals surface area (Å²) in [4.78, 5) is 0. The maximum Gasteiger partial charge on any atom is 0 e. The molecule has 0 aliphatic carbocycles. The van der Waals surface area contributed by atoms with E-state index < -0.39 is 0 Å². The van der Waals surface area contributed by atoms with Gasteiger partial charge in [-0.25, -0.2) is 0 Å². The van der Waals surface area contributed by atoms with Crippen molar-refractivity contribution in [3.05, 3.63) is 0 Å². The van der Waals surface area contributed by atoms with Gasteiger partial charge in [0.25, 0.3) is 0 Å². The fourth-order valence-electron chi connectivity index (χ4n) is 0.289. The van der Waals surface area contributed by atoms with Crippen LogP contribution in [0.25, 0.3) is 0 Å². The van der Waals surface area contributed by atoms with E-state index in [0.717, 1.165) is 5.92 Å². The molecule has 0 aromatic carbocycles. The summed E-state index contributed by atoms with van der Waals surface area (Å²) < 4.78 is 0. The maximum atomic E-state index is 2.28. The van der Waals surface area contributed by atoms with Gasteiger partial charge in [-0.05, 0) is 5.92 Å². The Morgan fingerprint density at radius 1 is 1.14 bits per heavy atom. The van der Waals surface area contributed by atoms with E-state index in [0.29, 0.717) is 0 Å². The zero-order valence-electron chi connectivity index (χ0n) is 5.70. The van der Waals surface area contributed by atoms with Crippen molar-refractivity contribution in [1.82, 2.24) is 0 Å². The van der Waals surface area contributed by atoms with Crippen molar-refractivity contribution >= 4 is 0 Å². The second-order valence-corrected chi connectivity index (χ2v) is 1.92. The molecule has 1 heteroatoms. The Bertz CT molecular complexity index is 23.4. The van der Waals surface area contributed by atoms with Gasteiger partial charge in [-0.2, -0.15) is 0 Å². The summed E-state index contributed by atoms with van der Waals surface area (Å²) in [5, 5.41) is 0. The van der Waals surface area contributed by atoms with Crippen molar-refractivity contribution in [2.24, 2.45) is 5.92 Å². The fraction of sp³-hybridized carbons (Fsp3) is 1.00. The number of rotatable bonds is 2. The molecule has 0 aromatic rings. The van der Waals surface area contributed by atoms with Crippen molar-refractivity contribution < 1.29 is 19.5 Å². The van der Waals surface area contributed by atoms with Gasteiger partial charge >= 0.3 is 0 Å². The van der Waals surface area contributed by atoms with Gasteiger partial charge in [0.2, 0.25) is 0 Å². The second kappa shape index (κ2) is 6.62. The first-order chi connectivity index (χ1) is 2.81. The molecule has 0 saturated heterocycles. The van der Waals surface area contributed by atoms with E-state index in [1.807, 2.05) is 0 Å². The van der Waals surface area contributed by atoms with Gasteiger partial charge in [-0.1, -0.05) is 33.6 Å². The van der Waals surface area contributed by atoms with Crippen LogP contribution in [0.1, 0.15) is 33.6 Å².